The van der Waals surface area contributed by atoms with E-state index < -0.39 is 0 Å². The molecule has 0 heterocycles. The second kappa shape index (κ2) is 5.40. The molecule has 2 nitrogen and oxygen atoms in total. The van der Waals surface area contributed by atoms with Crippen molar-refractivity contribution < 1.29 is 9.13 Å². The Morgan fingerprint density at radius 3 is 2.50 bits per heavy atom. The van der Waals surface area contributed by atoms with Crippen molar-refractivity contribution in [3.05, 3.63) is 58.3 Å². The van der Waals surface area contributed by atoms with Crippen molar-refractivity contribution in [2.75, 3.05) is 5.73 Å². The van der Waals surface area contributed by atoms with Crippen LogP contribution in [-0.2, 0) is 0 Å². The molecule has 4 heteroatoms. The van der Waals surface area contributed by atoms with Gasteiger partial charge >= 0.3 is 0 Å². The third kappa shape index (κ3) is 3.01. The van der Waals surface area contributed by atoms with Gasteiger partial charge in [0.2, 0.25) is 0 Å². The van der Waals surface area contributed by atoms with Gasteiger partial charge in [0.15, 0.2) is 11.6 Å². The van der Waals surface area contributed by atoms with E-state index in [2.05, 4.69) is 15.9 Å². The average Bonchev–Trinajstić information content (AvgIpc) is 2.34. The highest BCUT2D eigenvalue weighted by Crippen LogP contribution is 2.27. The summed E-state index contributed by atoms with van der Waals surface area (Å²) in [5, 5.41) is 0. The second-order valence-electron chi connectivity index (χ2n) is 4.00. The van der Waals surface area contributed by atoms with Gasteiger partial charge in [-0.25, -0.2) is 4.39 Å². The first kappa shape index (κ1) is 12.9. The molecular weight excluding hydrogens is 297 g/mol. The predicted octanol–water partition coefficient (Wildman–Crippen LogP) is 4.31. The molecule has 2 aromatic rings. The van der Waals surface area contributed by atoms with Gasteiger partial charge in [-0.1, -0.05) is 28.1 Å². The van der Waals surface area contributed by atoms with Crippen LogP contribution in [0.4, 0.5) is 10.1 Å². The van der Waals surface area contributed by atoms with E-state index in [1.165, 1.54) is 6.07 Å². The molecule has 0 aromatic heterocycles. The predicted molar refractivity (Wildman–Crippen MR) is 74.0 cm³/mol. The van der Waals surface area contributed by atoms with Gasteiger partial charge in [0, 0.05) is 10.2 Å². The van der Waals surface area contributed by atoms with Gasteiger partial charge in [-0.15, -0.1) is 0 Å². The summed E-state index contributed by atoms with van der Waals surface area (Å²) in [5.41, 5.74) is 7.26. The van der Waals surface area contributed by atoms with Crippen molar-refractivity contribution in [2.45, 2.75) is 13.0 Å². The lowest BCUT2D eigenvalue weighted by atomic mass is 10.1. The van der Waals surface area contributed by atoms with Gasteiger partial charge in [0.1, 0.15) is 6.10 Å². The van der Waals surface area contributed by atoms with Crippen molar-refractivity contribution in [2.24, 2.45) is 0 Å². The lowest BCUT2D eigenvalue weighted by Crippen LogP contribution is -2.04. The standard InChI is InChI=1S/C14H13BrFNO/c1-9(10-2-5-12(17)6-3-10)18-14-8-11(15)4-7-13(14)16/h2-9H,17H2,1H3. The molecule has 0 aliphatic carbocycles. The summed E-state index contributed by atoms with van der Waals surface area (Å²) in [4.78, 5) is 0. The van der Waals surface area contributed by atoms with Gasteiger partial charge in [0.25, 0.3) is 0 Å². The Labute approximate surface area is 114 Å². The summed E-state index contributed by atoms with van der Waals surface area (Å²) in [7, 11) is 0. The SMILES string of the molecule is CC(Oc1cc(Br)ccc1F)c1ccc(N)cc1. The third-order valence-electron chi connectivity index (χ3n) is 2.60. The highest BCUT2D eigenvalue weighted by atomic mass is 79.9. The maximum atomic E-state index is 13.5. The zero-order valence-electron chi connectivity index (χ0n) is 9.86. The molecule has 1 unspecified atom stereocenters. The molecule has 94 valence electrons. The van der Waals surface area contributed by atoms with Gasteiger partial charge in [0.05, 0.1) is 0 Å². The Morgan fingerprint density at radius 2 is 1.83 bits per heavy atom. The minimum absolute atomic E-state index is 0.230. The highest BCUT2D eigenvalue weighted by molar-refractivity contribution is 9.10. The first-order chi connectivity index (χ1) is 8.56. The fourth-order valence-corrected chi connectivity index (χ4v) is 1.93. The minimum atomic E-state index is -0.375. The van der Waals surface area contributed by atoms with Crippen LogP contribution >= 0.6 is 15.9 Å². The molecule has 0 aliphatic rings. The normalized spacial score (nSPS) is 12.2. The van der Waals surface area contributed by atoms with E-state index in [-0.39, 0.29) is 17.7 Å². The largest absolute Gasteiger partial charge is 0.483 e. The Balaban J connectivity index is 2.18. The summed E-state index contributed by atoms with van der Waals surface area (Å²) in [6, 6.07) is 12.0. The molecule has 0 fully saturated rings. The van der Waals surface area contributed by atoms with Crippen LogP contribution in [0.5, 0.6) is 5.75 Å². The highest BCUT2D eigenvalue weighted by Gasteiger charge is 2.10. The van der Waals surface area contributed by atoms with Crippen LogP contribution in [0.2, 0.25) is 0 Å². The molecule has 2 rings (SSSR count). The lowest BCUT2D eigenvalue weighted by molar-refractivity contribution is 0.216. The molecule has 1 atom stereocenters. The molecule has 0 saturated carbocycles. The summed E-state index contributed by atoms with van der Waals surface area (Å²) in [6.07, 6.45) is -0.241. The Morgan fingerprint density at radius 1 is 1.17 bits per heavy atom. The number of hydrogen-bond donors (Lipinski definition) is 1. The molecular formula is C14H13BrFNO. The number of ether oxygens (including phenoxy) is 1. The van der Waals surface area contributed by atoms with E-state index in [1.807, 2.05) is 19.1 Å². The van der Waals surface area contributed by atoms with Gasteiger partial charge in [-0.2, -0.15) is 0 Å². The van der Waals surface area contributed by atoms with Gasteiger partial charge in [-0.3, -0.25) is 0 Å². The number of halogens is 2. The van der Waals surface area contributed by atoms with Crippen molar-refractivity contribution in [3.63, 3.8) is 0 Å². The zero-order chi connectivity index (χ0) is 13.1. The molecule has 2 aromatic carbocycles. The first-order valence-electron chi connectivity index (χ1n) is 5.53. The van der Waals surface area contributed by atoms with Crippen molar-refractivity contribution in [1.82, 2.24) is 0 Å². The van der Waals surface area contributed by atoms with E-state index >= 15 is 0 Å². The van der Waals surface area contributed by atoms with Crippen LogP contribution in [0.25, 0.3) is 0 Å². The molecule has 2 N–H and O–H groups in total. The van der Waals surface area contributed by atoms with Crippen LogP contribution < -0.4 is 10.5 Å². The first-order valence-corrected chi connectivity index (χ1v) is 6.32. The van der Waals surface area contributed by atoms with Gasteiger partial charge in [-0.05, 0) is 42.8 Å². The molecule has 0 aliphatic heterocycles. The second-order valence-corrected chi connectivity index (χ2v) is 4.92. The zero-order valence-corrected chi connectivity index (χ0v) is 11.4. The van der Waals surface area contributed by atoms with Crippen LogP contribution in [0.15, 0.2) is 46.9 Å². The lowest BCUT2D eigenvalue weighted by Gasteiger charge is -2.16. The van der Waals surface area contributed by atoms with E-state index in [9.17, 15) is 4.39 Å². The summed E-state index contributed by atoms with van der Waals surface area (Å²) >= 11 is 3.29. The number of benzene rings is 2. The smallest absolute Gasteiger partial charge is 0.165 e. The van der Waals surface area contributed by atoms with Crippen molar-refractivity contribution >= 4 is 21.6 Å². The van der Waals surface area contributed by atoms with Gasteiger partial charge < -0.3 is 10.5 Å². The fraction of sp³-hybridized carbons (Fsp3) is 0.143. The van der Waals surface area contributed by atoms with Crippen LogP contribution in [0.3, 0.4) is 0 Å². The third-order valence-corrected chi connectivity index (χ3v) is 3.10. The van der Waals surface area contributed by atoms with Crippen molar-refractivity contribution in [1.29, 1.82) is 0 Å². The number of nitrogen functional groups attached to an aromatic ring is 1. The molecule has 0 amide bonds. The maximum Gasteiger partial charge on any atom is 0.165 e. The average molecular weight is 310 g/mol. The number of nitrogens with two attached hydrogens (primary N) is 1. The van der Waals surface area contributed by atoms with Crippen LogP contribution in [0.1, 0.15) is 18.6 Å². The Hall–Kier alpha value is -1.55. The van der Waals surface area contributed by atoms with E-state index in [0.29, 0.717) is 5.69 Å². The number of anilines is 1. The molecule has 0 bridgehead atoms. The fourth-order valence-electron chi connectivity index (χ4n) is 1.59. The molecule has 0 saturated heterocycles. The molecule has 0 spiro atoms. The van der Waals surface area contributed by atoms with Crippen molar-refractivity contribution in [3.8, 4) is 5.75 Å². The maximum absolute atomic E-state index is 13.5. The van der Waals surface area contributed by atoms with Crippen LogP contribution in [-0.4, -0.2) is 0 Å². The van der Waals surface area contributed by atoms with E-state index in [4.69, 9.17) is 10.5 Å². The quantitative estimate of drug-likeness (QED) is 0.857. The summed E-state index contributed by atoms with van der Waals surface area (Å²) in [5.74, 6) is -0.144. The number of rotatable bonds is 3. The topological polar surface area (TPSA) is 35.2 Å². The molecule has 0 radical (unpaired) electrons. The minimum Gasteiger partial charge on any atom is -0.483 e. The van der Waals surface area contributed by atoms with Crippen LogP contribution in [0, 0.1) is 5.82 Å². The number of hydrogen-bond acceptors (Lipinski definition) is 2. The summed E-state index contributed by atoms with van der Waals surface area (Å²) in [6.45, 7) is 1.87. The Kier molecular flexibility index (Phi) is 3.87. The molecule has 18 heavy (non-hydrogen) atoms. The monoisotopic (exact) mass is 309 g/mol. The van der Waals surface area contributed by atoms with E-state index in [1.54, 1.807) is 24.3 Å². The summed E-state index contributed by atoms with van der Waals surface area (Å²) < 4.78 is 19.9. The Bertz CT molecular complexity index is 542. The van der Waals surface area contributed by atoms with E-state index in [0.717, 1.165) is 10.0 Å².